The molecular weight excluding hydrogens is 355 g/mol. The van der Waals surface area contributed by atoms with Crippen LogP contribution >= 0.6 is 23.2 Å². The van der Waals surface area contributed by atoms with Crippen LogP contribution in [0.2, 0.25) is 10.0 Å². The van der Waals surface area contributed by atoms with Gasteiger partial charge in [-0.3, -0.25) is 9.69 Å². The van der Waals surface area contributed by atoms with Crippen LogP contribution in [-0.2, 0) is 11.3 Å². The summed E-state index contributed by atoms with van der Waals surface area (Å²) in [6.07, 6.45) is -0.116. The second kappa shape index (κ2) is 7.48. The van der Waals surface area contributed by atoms with E-state index in [4.69, 9.17) is 32.5 Å². The minimum absolute atomic E-state index is 0.0294. The summed E-state index contributed by atoms with van der Waals surface area (Å²) in [6, 6.07) is 5.47. The number of nitrogens with zero attached hydrogens (tertiary/aromatic N) is 3. The molecule has 24 heavy (non-hydrogen) atoms. The average Bonchev–Trinajstić information content (AvgIpc) is 3.05. The van der Waals surface area contributed by atoms with Gasteiger partial charge in [0.05, 0.1) is 29.3 Å². The van der Waals surface area contributed by atoms with Crippen molar-refractivity contribution in [2.45, 2.75) is 12.6 Å². The van der Waals surface area contributed by atoms with Gasteiger partial charge in [0.15, 0.2) is 0 Å². The van der Waals surface area contributed by atoms with Gasteiger partial charge >= 0.3 is 0 Å². The summed E-state index contributed by atoms with van der Waals surface area (Å²) in [5.74, 6) is 0.0471. The quantitative estimate of drug-likeness (QED) is 0.889. The van der Waals surface area contributed by atoms with Crippen LogP contribution < -0.4 is 5.32 Å². The number of nitrogens with one attached hydrogen (secondary N) is 1. The van der Waals surface area contributed by atoms with Gasteiger partial charge in [-0.05, 0) is 17.7 Å². The lowest BCUT2D eigenvalue weighted by atomic mass is 10.1. The van der Waals surface area contributed by atoms with Gasteiger partial charge in [0.25, 0.3) is 11.7 Å². The molecule has 1 fully saturated rings. The van der Waals surface area contributed by atoms with E-state index in [1.165, 1.54) is 7.05 Å². The highest BCUT2D eigenvalue weighted by atomic mass is 35.5. The van der Waals surface area contributed by atoms with E-state index in [0.29, 0.717) is 35.6 Å². The third-order valence-corrected chi connectivity index (χ3v) is 4.46. The Morgan fingerprint density at radius 3 is 3.00 bits per heavy atom. The van der Waals surface area contributed by atoms with Crippen LogP contribution in [0.1, 0.15) is 28.2 Å². The van der Waals surface area contributed by atoms with E-state index >= 15 is 0 Å². The van der Waals surface area contributed by atoms with Crippen molar-refractivity contribution in [2.75, 3.05) is 26.7 Å². The van der Waals surface area contributed by atoms with E-state index in [9.17, 15) is 4.79 Å². The maximum Gasteiger partial charge on any atom is 0.292 e. The highest BCUT2D eigenvalue weighted by Gasteiger charge is 2.24. The normalized spacial score (nSPS) is 18.5. The first-order valence-corrected chi connectivity index (χ1v) is 8.16. The minimum atomic E-state index is -0.374. The largest absolute Gasteiger partial charge is 0.371 e. The summed E-state index contributed by atoms with van der Waals surface area (Å²) in [6.45, 7) is 2.40. The Hall–Kier alpha value is -1.67. The van der Waals surface area contributed by atoms with Gasteiger partial charge in [-0.1, -0.05) is 34.4 Å². The van der Waals surface area contributed by atoms with Crippen molar-refractivity contribution in [1.29, 1.82) is 0 Å². The van der Waals surface area contributed by atoms with Gasteiger partial charge in [-0.15, -0.1) is 0 Å². The topological polar surface area (TPSA) is 80.5 Å². The third-order valence-electron chi connectivity index (χ3n) is 3.72. The molecule has 9 heteroatoms. The number of halogens is 2. The first kappa shape index (κ1) is 17.2. The van der Waals surface area contributed by atoms with Gasteiger partial charge in [-0.2, -0.15) is 4.98 Å². The molecule has 2 aromatic rings. The Labute approximate surface area is 148 Å². The molecule has 2 heterocycles. The zero-order valence-corrected chi connectivity index (χ0v) is 14.5. The molecule has 1 aromatic carbocycles. The van der Waals surface area contributed by atoms with Crippen molar-refractivity contribution in [1.82, 2.24) is 20.4 Å². The molecule has 1 aliphatic heterocycles. The molecule has 0 aliphatic carbocycles. The molecule has 128 valence electrons. The standard InChI is InChI=1S/C15H16Cl2N4O3/c1-18-15(22)14-19-13(24-20-14)8-21-4-5-23-12(7-21)9-2-3-10(16)11(17)6-9/h2-3,6,12H,4-5,7-8H2,1H3,(H,18,22). The first-order valence-electron chi connectivity index (χ1n) is 7.40. The summed E-state index contributed by atoms with van der Waals surface area (Å²) in [7, 11) is 1.52. The molecule has 0 saturated carbocycles. The molecule has 1 unspecified atom stereocenters. The fourth-order valence-corrected chi connectivity index (χ4v) is 2.78. The van der Waals surface area contributed by atoms with Crippen LogP contribution in [0.15, 0.2) is 22.7 Å². The Balaban J connectivity index is 1.66. The molecule has 0 bridgehead atoms. The van der Waals surface area contributed by atoms with Crippen molar-refractivity contribution in [2.24, 2.45) is 0 Å². The summed E-state index contributed by atoms with van der Waals surface area (Å²) >= 11 is 12.0. The molecule has 1 amide bonds. The van der Waals surface area contributed by atoms with E-state index in [1.807, 2.05) is 12.1 Å². The minimum Gasteiger partial charge on any atom is -0.371 e. The van der Waals surface area contributed by atoms with Gasteiger partial charge in [0.1, 0.15) is 0 Å². The number of hydrogen-bond donors (Lipinski definition) is 1. The Bertz CT molecular complexity index is 737. The van der Waals surface area contributed by atoms with Crippen molar-refractivity contribution < 1.29 is 14.1 Å². The lowest BCUT2D eigenvalue weighted by Gasteiger charge is -2.32. The maximum atomic E-state index is 11.5. The highest BCUT2D eigenvalue weighted by Crippen LogP contribution is 2.29. The van der Waals surface area contributed by atoms with Crippen molar-refractivity contribution >= 4 is 29.1 Å². The summed E-state index contributed by atoms with van der Waals surface area (Å²) < 4.78 is 10.9. The van der Waals surface area contributed by atoms with E-state index < -0.39 is 0 Å². The molecule has 0 spiro atoms. The predicted octanol–water partition coefficient (Wildman–Crippen LogP) is 2.31. The maximum absolute atomic E-state index is 11.5. The SMILES string of the molecule is CNC(=O)c1noc(CN2CCOC(c3ccc(Cl)c(Cl)c3)C2)n1. The summed E-state index contributed by atoms with van der Waals surface area (Å²) in [5, 5.41) is 7.13. The fourth-order valence-electron chi connectivity index (χ4n) is 2.47. The smallest absolute Gasteiger partial charge is 0.292 e. The molecule has 1 aromatic heterocycles. The number of rotatable bonds is 4. The van der Waals surface area contributed by atoms with Crippen molar-refractivity contribution in [3.8, 4) is 0 Å². The van der Waals surface area contributed by atoms with E-state index in [1.54, 1.807) is 6.07 Å². The fraction of sp³-hybridized carbons (Fsp3) is 0.400. The number of aromatic nitrogens is 2. The van der Waals surface area contributed by atoms with Crippen LogP contribution in [0.5, 0.6) is 0 Å². The number of benzene rings is 1. The van der Waals surface area contributed by atoms with Gasteiger partial charge in [0, 0.05) is 20.1 Å². The number of carbonyl (C=O) groups is 1. The highest BCUT2D eigenvalue weighted by molar-refractivity contribution is 6.42. The number of morpholine rings is 1. The molecule has 7 nitrogen and oxygen atoms in total. The zero-order chi connectivity index (χ0) is 17.1. The van der Waals surface area contributed by atoms with Crippen LogP contribution in [0.25, 0.3) is 0 Å². The zero-order valence-electron chi connectivity index (χ0n) is 13.0. The monoisotopic (exact) mass is 370 g/mol. The van der Waals surface area contributed by atoms with Crippen molar-refractivity contribution in [3.63, 3.8) is 0 Å². The lowest BCUT2D eigenvalue weighted by Crippen LogP contribution is -2.37. The van der Waals surface area contributed by atoms with Crippen LogP contribution in [0.4, 0.5) is 0 Å². The number of hydrogen-bond acceptors (Lipinski definition) is 6. The van der Waals surface area contributed by atoms with Crippen LogP contribution in [0.3, 0.4) is 0 Å². The molecular formula is C15H16Cl2N4O3. The molecule has 1 N–H and O–H groups in total. The van der Waals surface area contributed by atoms with E-state index in [0.717, 1.165) is 12.1 Å². The Kier molecular flexibility index (Phi) is 5.35. The Morgan fingerprint density at radius 2 is 2.25 bits per heavy atom. The van der Waals surface area contributed by atoms with E-state index in [-0.39, 0.29) is 17.8 Å². The molecule has 1 aliphatic rings. The first-order chi connectivity index (χ1) is 11.6. The van der Waals surface area contributed by atoms with Gasteiger partial charge in [0.2, 0.25) is 5.89 Å². The lowest BCUT2D eigenvalue weighted by molar-refractivity contribution is -0.0355. The average molecular weight is 371 g/mol. The van der Waals surface area contributed by atoms with Gasteiger partial charge < -0.3 is 14.6 Å². The van der Waals surface area contributed by atoms with Gasteiger partial charge in [-0.25, -0.2) is 0 Å². The second-order valence-corrected chi connectivity index (χ2v) is 6.17. The molecule has 0 radical (unpaired) electrons. The third kappa shape index (κ3) is 3.87. The number of ether oxygens (including phenoxy) is 1. The summed E-state index contributed by atoms with van der Waals surface area (Å²) in [4.78, 5) is 17.7. The molecule has 1 saturated heterocycles. The predicted molar refractivity (Wildman–Crippen MR) is 88.1 cm³/mol. The number of carbonyl (C=O) groups excluding carboxylic acids is 1. The van der Waals surface area contributed by atoms with Crippen LogP contribution in [-0.4, -0.2) is 47.7 Å². The van der Waals surface area contributed by atoms with E-state index in [2.05, 4.69) is 20.4 Å². The molecule has 3 rings (SSSR count). The van der Waals surface area contributed by atoms with Crippen molar-refractivity contribution in [3.05, 3.63) is 45.5 Å². The Morgan fingerprint density at radius 1 is 1.42 bits per heavy atom. The number of amides is 1. The summed E-state index contributed by atoms with van der Waals surface area (Å²) in [5.41, 5.74) is 0.964. The second-order valence-electron chi connectivity index (χ2n) is 5.36. The van der Waals surface area contributed by atoms with Crippen LogP contribution in [0, 0.1) is 0 Å². The molecule has 1 atom stereocenters.